The number of nitrogens with one attached hydrogen (secondary N) is 1. The molecule has 0 aliphatic heterocycles. The Morgan fingerprint density at radius 3 is 2.12 bits per heavy atom. The molecule has 0 heterocycles. The SMILES string of the molecule is CCc1cccc(CC)c1NC(=O)CSCc1ccc(CO)cc1. The first-order chi connectivity index (χ1) is 11.7. The molecule has 0 aliphatic carbocycles. The van der Waals surface area contributed by atoms with Crippen LogP contribution in [0, 0.1) is 0 Å². The molecule has 0 radical (unpaired) electrons. The molecule has 2 rings (SSSR count). The summed E-state index contributed by atoms with van der Waals surface area (Å²) in [6, 6.07) is 14.0. The van der Waals surface area contributed by atoms with E-state index in [0.717, 1.165) is 35.4 Å². The number of amides is 1. The Balaban J connectivity index is 1.89. The molecule has 0 atom stereocenters. The number of anilines is 1. The van der Waals surface area contributed by atoms with Gasteiger partial charge < -0.3 is 10.4 Å². The third kappa shape index (κ3) is 5.11. The third-order valence-corrected chi connectivity index (χ3v) is 4.97. The topological polar surface area (TPSA) is 49.3 Å². The molecule has 4 heteroatoms. The molecule has 0 aromatic heterocycles. The minimum Gasteiger partial charge on any atom is -0.392 e. The number of thioether (sulfide) groups is 1. The van der Waals surface area contributed by atoms with Crippen LogP contribution in [0.5, 0.6) is 0 Å². The number of carbonyl (C=O) groups excluding carboxylic acids is 1. The summed E-state index contributed by atoms with van der Waals surface area (Å²) >= 11 is 1.60. The van der Waals surface area contributed by atoms with Gasteiger partial charge in [-0.1, -0.05) is 56.3 Å². The maximum absolute atomic E-state index is 12.3. The van der Waals surface area contributed by atoms with E-state index >= 15 is 0 Å². The second-order valence-electron chi connectivity index (χ2n) is 5.67. The monoisotopic (exact) mass is 343 g/mol. The number of para-hydroxylation sites is 1. The molecule has 3 nitrogen and oxygen atoms in total. The van der Waals surface area contributed by atoms with Crippen LogP contribution in [0.4, 0.5) is 5.69 Å². The van der Waals surface area contributed by atoms with E-state index in [9.17, 15) is 4.79 Å². The van der Waals surface area contributed by atoms with Crippen molar-refractivity contribution in [2.75, 3.05) is 11.1 Å². The lowest BCUT2D eigenvalue weighted by Crippen LogP contribution is -2.16. The van der Waals surface area contributed by atoms with Gasteiger partial charge in [-0.25, -0.2) is 0 Å². The molecule has 2 aromatic rings. The fourth-order valence-corrected chi connectivity index (χ4v) is 3.37. The van der Waals surface area contributed by atoms with Crippen LogP contribution in [-0.2, 0) is 30.0 Å². The number of carbonyl (C=O) groups is 1. The number of benzene rings is 2. The standard InChI is InChI=1S/C20H25NO2S/c1-3-17-6-5-7-18(4-2)20(17)21-19(23)14-24-13-16-10-8-15(12-22)9-11-16/h5-11,22H,3-4,12-14H2,1-2H3,(H,21,23). The van der Waals surface area contributed by atoms with Crippen LogP contribution in [0.3, 0.4) is 0 Å². The molecule has 0 saturated heterocycles. The molecule has 0 saturated carbocycles. The smallest absolute Gasteiger partial charge is 0.234 e. The van der Waals surface area contributed by atoms with Crippen LogP contribution in [0.1, 0.15) is 36.1 Å². The molecular formula is C20H25NO2S. The van der Waals surface area contributed by atoms with Crippen LogP contribution < -0.4 is 5.32 Å². The van der Waals surface area contributed by atoms with Crippen molar-refractivity contribution in [3.8, 4) is 0 Å². The molecule has 0 unspecified atom stereocenters. The minimum absolute atomic E-state index is 0.0441. The molecule has 2 N–H and O–H groups in total. The average molecular weight is 343 g/mol. The summed E-state index contributed by atoms with van der Waals surface area (Å²) in [5, 5.41) is 12.1. The van der Waals surface area contributed by atoms with Crippen LogP contribution in [0.15, 0.2) is 42.5 Å². The fourth-order valence-electron chi connectivity index (χ4n) is 2.58. The van der Waals surface area contributed by atoms with E-state index in [4.69, 9.17) is 5.11 Å². The van der Waals surface area contributed by atoms with Gasteiger partial charge >= 0.3 is 0 Å². The average Bonchev–Trinajstić information content (AvgIpc) is 2.62. The Bertz CT molecular complexity index is 646. The molecule has 0 bridgehead atoms. The van der Waals surface area contributed by atoms with E-state index in [1.165, 1.54) is 11.1 Å². The second-order valence-corrected chi connectivity index (χ2v) is 6.66. The molecule has 2 aromatic carbocycles. The van der Waals surface area contributed by atoms with E-state index in [-0.39, 0.29) is 12.5 Å². The van der Waals surface area contributed by atoms with Crippen LogP contribution in [-0.4, -0.2) is 16.8 Å². The summed E-state index contributed by atoms with van der Waals surface area (Å²) in [4.78, 5) is 12.3. The van der Waals surface area contributed by atoms with E-state index < -0.39 is 0 Å². The zero-order valence-corrected chi connectivity index (χ0v) is 15.2. The molecule has 128 valence electrons. The van der Waals surface area contributed by atoms with E-state index in [2.05, 4.69) is 37.4 Å². The molecule has 0 aliphatic rings. The second kappa shape index (κ2) is 9.50. The van der Waals surface area contributed by atoms with Crippen molar-refractivity contribution in [2.24, 2.45) is 0 Å². The maximum atomic E-state index is 12.3. The van der Waals surface area contributed by atoms with Gasteiger partial charge in [-0.3, -0.25) is 4.79 Å². The van der Waals surface area contributed by atoms with Crippen molar-refractivity contribution in [3.63, 3.8) is 0 Å². The summed E-state index contributed by atoms with van der Waals surface area (Å²) in [5.74, 6) is 1.26. The first kappa shape index (κ1) is 18.6. The van der Waals surface area contributed by atoms with Crippen molar-refractivity contribution >= 4 is 23.4 Å². The van der Waals surface area contributed by atoms with Crippen LogP contribution >= 0.6 is 11.8 Å². The maximum Gasteiger partial charge on any atom is 0.234 e. The Kier molecular flexibility index (Phi) is 7.35. The Labute approximate surface area is 148 Å². The van der Waals surface area contributed by atoms with Gasteiger partial charge in [-0.05, 0) is 35.1 Å². The summed E-state index contributed by atoms with van der Waals surface area (Å²) < 4.78 is 0. The Hall–Kier alpha value is -1.78. The van der Waals surface area contributed by atoms with Gasteiger partial charge in [0.15, 0.2) is 0 Å². The highest BCUT2D eigenvalue weighted by atomic mass is 32.2. The van der Waals surface area contributed by atoms with Gasteiger partial charge in [0.2, 0.25) is 5.91 Å². The molecule has 0 spiro atoms. The highest BCUT2D eigenvalue weighted by Gasteiger charge is 2.10. The predicted octanol–water partition coefficient (Wildman–Crippen LogP) is 4.18. The Morgan fingerprint density at radius 2 is 1.58 bits per heavy atom. The largest absolute Gasteiger partial charge is 0.392 e. The van der Waals surface area contributed by atoms with Crippen molar-refractivity contribution in [2.45, 2.75) is 39.0 Å². The molecule has 24 heavy (non-hydrogen) atoms. The number of aryl methyl sites for hydroxylation is 2. The van der Waals surface area contributed by atoms with Gasteiger partial charge in [-0.15, -0.1) is 11.8 Å². The van der Waals surface area contributed by atoms with Gasteiger partial charge in [0, 0.05) is 11.4 Å². The summed E-state index contributed by atoms with van der Waals surface area (Å²) in [6.07, 6.45) is 1.82. The van der Waals surface area contributed by atoms with Gasteiger partial charge in [0.25, 0.3) is 0 Å². The quantitative estimate of drug-likeness (QED) is 0.756. The summed E-state index contributed by atoms with van der Waals surface area (Å²) in [6.45, 7) is 4.27. The minimum atomic E-state index is 0.0441. The van der Waals surface area contributed by atoms with Crippen molar-refractivity contribution < 1.29 is 9.90 Å². The molecule has 0 fully saturated rings. The zero-order valence-electron chi connectivity index (χ0n) is 14.3. The lowest BCUT2D eigenvalue weighted by Gasteiger charge is -2.14. The number of rotatable bonds is 8. The lowest BCUT2D eigenvalue weighted by molar-refractivity contribution is -0.113. The summed E-state index contributed by atoms with van der Waals surface area (Å²) in [7, 11) is 0. The van der Waals surface area contributed by atoms with Gasteiger partial charge in [-0.2, -0.15) is 0 Å². The third-order valence-electron chi connectivity index (χ3n) is 3.97. The highest BCUT2D eigenvalue weighted by Crippen LogP contribution is 2.23. The van der Waals surface area contributed by atoms with Crippen molar-refractivity contribution in [1.29, 1.82) is 0 Å². The van der Waals surface area contributed by atoms with Crippen LogP contribution in [0.2, 0.25) is 0 Å². The lowest BCUT2D eigenvalue weighted by atomic mass is 10.0. The van der Waals surface area contributed by atoms with Crippen molar-refractivity contribution in [3.05, 3.63) is 64.7 Å². The van der Waals surface area contributed by atoms with E-state index in [1.807, 2.05) is 24.3 Å². The zero-order chi connectivity index (χ0) is 17.4. The van der Waals surface area contributed by atoms with E-state index in [1.54, 1.807) is 11.8 Å². The molecule has 1 amide bonds. The fraction of sp³-hybridized carbons (Fsp3) is 0.350. The molecular weight excluding hydrogens is 318 g/mol. The van der Waals surface area contributed by atoms with Crippen LogP contribution in [0.25, 0.3) is 0 Å². The number of aliphatic hydroxyl groups excluding tert-OH is 1. The summed E-state index contributed by atoms with van der Waals surface area (Å²) in [5.41, 5.74) is 5.43. The predicted molar refractivity (Wildman–Crippen MR) is 102 cm³/mol. The first-order valence-corrected chi connectivity index (χ1v) is 9.50. The number of hydrogen-bond acceptors (Lipinski definition) is 3. The number of hydrogen-bond donors (Lipinski definition) is 2. The Morgan fingerprint density at radius 1 is 1.00 bits per heavy atom. The van der Waals surface area contributed by atoms with Gasteiger partial charge in [0.1, 0.15) is 0 Å². The normalized spacial score (nSPS) is 10.6. The highest BCUT2D eigenvalue weighted by molar-refractivity contribution is 7.99. The first-order valence-electron chi connectivity index (χ1n) is 8.35. The van der Waals surface area contributed by atoms with Crippen molar-refractivity contribution in [1.82, 2.24) is 0 Å². The van der Waals surface area contributed by atoms with E-state index in [0.29, 0.717) is 5.75 Å². The number of aliphatic hydroxyl groups is 1. The van der Waals surface area contributed by atoms with Gasteiger partial charge in [0.05, 0.1) is 12.4 Å².